The third-order valence-electron chi connectivity index (χ3n) is 3.05. The summed E-state index contributed by atoms with van der Waals surface area (Å²) in [6.45, 7) is 5.56. The zero-order valence-electron chi connectivity index (χ0n) is 13.0. The van der Waals surface area contributed by atoms with E-state index in [9.17, 15) is 9.59 Å². The van der Waals surface area contributed by atoms with Crippen molar-refractivity contribution < 1.29 is 19.1 Å². The number of aryl methyl sites for hydroxylation is 1. The van der Waals surface area contributed by atoms with E-state index in [1.165, 1.54) is 5.56 Å². The van der Waals surface area contributed by atoms with Crippen LogP contribution in [0.15, 0.2) is 24.3 Å². The minimum atomic E-state index is -0.519. The van der Waals surface area contributed by atoms with Gasteiger partial charge in [-0.25, -0.2) is 0 Å². The average Bonchev–Trinajstić information content (AvgIpc) is 2.52. The van der Waals surface area contributed by atoms with E-state index in [2.05, 4.69) is 11.0 Å². The fourth-order valence-corrected chi connectivity index (χ4v) is 2.02. The number of hydrogen-bond acceptors (Lipinski definition) is 5. The smallest absolute Gasteiger partial charge is 0.320 e. The number of halogens is 1. The highest BCUT2D eigenvalue weighted by Gasteiger charge is 2.09. The van der Waals surface area contributed by atoms with Crippen molar-refractivity contribution in [3.05, 3.63) is 29.8 Å². The van der Waals surface area contributed by atoms with Crippen LogP contribution in [0.3, 0.4) is 0 Å². The van der Waals surface area contributed by atoms with Gasteiger partial charge in [0.25, 0.3) is 0 Å². The minimum Gasteiger partial charge on any atom is -0.462 e. The molecule has 5 nitrogen and oxygen atoms in total. The third-order valence-corrected chi connectivity index (χ3v) is 3.27. The summed E-state index contributed by atoms with van der Waals surface area (Å²) >= 11 is 5.28. The second kappa shape index (κ2) is 10.1. The van der Waals surface area contributed by atoms with E-state index in [4.69, 9.17) is 21.1 Å². The maximum atomic E-state index is 11.7. The average molecular weight is 328 g/mol. The normalized spacial score (nSPS) is 10.1. The molecular formula is C16H22ClNO4. The van der Waals surface area contributed by atoms with Gasteiger partial charge in [0.15, 0.2) is 0 Å². The standard InChI is InChI=1S/C16H22ClNO4/c1-3-18(14-6-4-5-13(2)11-14)8-7-15(19)21-9-10-22-16(20)12-17/h4-6,11H,3,7-10,12H2,1-2H3. The van der Waals surface area contributed by atoms with Gasteiger partial charge in [0.2, 0.25) is 0 Å². The highest BCUT2D eigenvalue weighted by Crippen LogP contribution is 2.15. The largest absolute Gasteiger partial charge is 0.462 e. The van der Waals surface area contributed by atoms with Crippen molar-refractivity contribution in [2.75, 3.05) is 37.1 Å². The molecule has 0 spiro atoms. The molecule has 0 heterocycles. The lowest BCUT2D eigenvalue weighted by atomic mass is 10.2. The molecule has 0 aliphatic heterocycles. The molecule has 0 amide bonds. The molecule has 0 fully saturated rings. The Bertz CT molecular complexity index is 493. The molecule has 0 bridgehead atoms. The monoisotopic (exact) mass is 327 g/mol. The number of esters is 2. The number of benzene rings is 1. The molecule has 1 aromatic rings. The van der Waals surface area contributed by atoms with Crippen molar-refractivity contribution in [3.63, 3.8) is 0 Å². The number of anilines is 1. The first-order valence-electron chi connectivity index (χ1n) is 7.25. The lowest BCUT2D eigenvalue weighted by Gasteiger charge is -2.23. The van der Waals surface area contributed by atoms with Crippen molar-refractivity contribution in [3.8, 4) is 0 Å². The summed E-state index contributed by atoms with van der Waals surface area (Å²) in [5, 5.41) is 0. The maximum absolute atomic E-state index is 11.7. The number of ether oxygens (including phenoxy) is 2. The third kappa shape index (κ3) is 6.80. The lowest BCUT2D eigenvalue weighted by Crippen LogP contribution is -2.26. The molecule has 0 saturated heterocycles. The SMILES string of the molecule is CCN(CCC(=O)OCCOC(=O)CCl)c1cccc(C)c1. The molecular weight excluding hydrogens is 306 g/mol. The van der Waals surface area contributed by atoms with E-state index in [-0.39, 0.29) is 31.5 Å². The van der Waals surface area contributed by atoms with E-state index in [0.29, 0.717) is 6.54 Å². The van der Waals surface area contributed by atoms with Gasteiger partial charge in [-0.05, 0) is 31.5 Å². The van der Waals surface area contributed by atoms with Gasteiger partial charge < -0.3 is 14.4 Å². The molecule has 0 unspecified atom stereocenters. The molecule has 1 rings (SSSR count). The van der Waals surface area contributed by atoms with Crippen LogP contribution in [-0.4, -0.2) is 44.1 Å². The van der Waals surface area contributed by atoms with E-state index >= 15 is 0 Å². The molecule has 6 heteroatoms. The highest BCUT2D eigenvalue weighted by molar-refractivity contribution is 6.26. The molecule has 122 valence electrons. The van der Waals surface area contributed by atoms with Crippen LogP contribution in [-0.2, 0) is 19.1 Å². The Kier molecular flexibility index (Phi) is 8.36. The molecule has 0 aliphatic carbocycles. The zero-order valence-corrected chi connectivity index (χ0v) is 13.8. The van der Waals surface area contributed by atoms with Crippen LogP contribution in [0.5, 0.6) is 0 Å². The summed E-state index contributed by atoms with van der Waals surface area (Å²) < 4.78 is 9.72. The van der Waals surface area contributed by atoms with Gasteiger partial charge in [-0.3, -0.25) is 9.59 Å². The number of nitrogens with zero attached hydrogens (tertiary/aromatic N) is 1. The highest BCUT2D eigenvalue weighted by atomic mass is 35.5. The Morgan fingerprint density at radius 2 is 1.86 bits per heavy atom. The van der Waals surface area contributed by atoms with E-state index in [1.807, 2.05) is 32.0 Å². The molecule has 0 N–H and O–H groups in total. The van der Waals surface area contributed by atoms with E-state index in [0.717, 1.165) is 12.2 Å². The number of alkyl halides is 1. The van der Waals surface area contributed by atoms with E-state index in [1.54, 1.807) is 0 Å². The fourth-order valence-electron chi connectivity index (χ4n) is 1.94. The van der Waals surface area contributed by atoms with Crippen molar-refractivity contribution in [1.29, 1.82) is 0 Å². The van der Waals surface area contributed by atoms with Gasteiger partial charge in [-0.1, -0.05) is 12.1 Å². The summed E-state index contributed by atoms with van der Waals surface area (Å²) in [6.07, 6.45) is 0.283. The molecule has 0 atom stereocenters. The van der Waals surface area contributed by atoms with Crippen LogP contribution in [0.2, 0.25) is 0 Å². The number of carbonyl (C=O) groups is 2. The van der Waals surface area contributed by atoms with Gasteiger partial charge in [0, 0.05) is 18.8 Å². The predicted molar refractivity (Wildman–Crippen MR) is 86.3 cm³/mol. The van der Waals surface area contributed by atoms with Crippen molar-refractivity contribution >= 4 is 29.2 Å². The van der Waals surface area contributed by atoms with Crippen LogP contribution in [0, 0.1) is 6.92 Å². The summed E-state index contributed by atoms with van der Waals surface area (Å²) in [4.78, 5) is 24.6. The summed E-state index contributed by atoms with van der Waals surface area (Å²) in [5.41, 5.74) is 2.27. The fraction of sp³-hybridized carbons (Fsp3) is 0.500. The molecule has 22 heavy (non-hydrogen) atoms. The Balaban J connectivity index is 2.31. The summed E-state index contributed by atoms with van der Waals surface area (Å²) in [6, 6.07) is 8.14. The Morgan fingerprint density at radius 1 is 1.18 bits per heavy atom. The van der Waals surface area contributed by atoms with Crippen molar-refractivity contribution in [2.24, 2.45) is 0 Å². The molecule has 0 saturated carbocycles. The van der Waals surface area contributed by atoms with Crippen LogP contribution >= 0.6 is 11.6 Å². The van der Waals surface area contributed by atoms with E-state index < -0.39 is 5.97 Å². The maximum Gasteiger partial charge on any atom is 0.320 e. The first-order valence-corrected chi connectivity index (χ1v) is 7.79. The summed E-state index contributed by atoms with van der Waals surface area (Å²) in [5.74, 6) is -1.03. The molecule has 0 radical (unpaired) electrons. The van der Waals surface area contributed by atoms with Crippen LogP contribution < -0.4 is 4.90 Å². The second-order valence-electron chi connectivity index (χ2n) is 4.74. The Hall–Kier alpha value is -1.75. The second-order valence-corrected chi connectivity index (χ2v) is 5.01. The van der Waals surface area contributed by atoms with Gasteiger partial charge in [-0.15, -0.1) is 11.6 Å². The minimum absolute atomic E-state index is 0.0344. The quantitative estimate of drug-likeness (QED) is 0.396. The first kappa shape index (κ1) is 18.3. The lowest BCUT2D eigenvalue weighted by molar-refractivity contribution is -0.150. The summed E-state index contributed by atoms with van der Waals surface area (Å²) in [7, 11) is 0. The van der Waals surface area contributed by atoms with Crippen molar-refractivity contribution in [1.82, 2.24) is 0 Å². The Labute approximate surface area is 136 Å². The van der Waals surface area contributed by atoms with Gasteiger partial charge in [0.05, 0.1) is 6.42 Å². The topological polar surface area (TPSA) is 55.8 Å². The number of hydrogen-bond donors (Lipinski definition) is 0. The van der Waals surface area contributed by atoms with Gasteiger partial charge in [0.1, 0.15) is 19.1 Å². The van der Waals surface area contributed by atoms with Gasteiger partial charge in [-0.2, -0.15) is 0 Å². The number of carbonyl (C=O) groups excluding carboxylic acids is 2. The van der Waals surface area contributed by atoms with Crippen LogP contribution in [0.1, 0.15) is 18.9 Å². The van der Waals surface area contributed by atoms with Crippen molar-refractivity contribution in [2.45, 2.75) is 20.3 Å². The van der Waals surface area contributed by atoms with Gasteiger partial charge >= 0.3 is 11.9 Å². The zero-order chi connectivity index (χ0) is 16.4. The molecule has 0 aliphatic rings. The number of rotatable bonds is 9. The molecule has 1 aromatic carbocycles. The molecule has 0 aromatic heterocycles. The van der Waals surface area contributed by atoms with Crippen LogP contribution in [0.25, 0.3) is 0 Å². The Morgan fingerprint density at radius 3 is 2.45 bits per heavy atom. The first-order chi connectivity index (χ1) is 10.6. The van der Waals surface area contributed by atoms with Crippen LogP contribution in [0.4, 0.5) is 5.69 Å². The predicted octanol–water partition coefficient (Wildman–Crippen LogP) is 2.54.